The quantitative estimate of drug-likeness (QED) is 0.579. The van der Waals surface area contributed by atoms with Crippen LogP contribution in [0, 0.1) is 23.1 Å². The SMILES string of the molecule is CCC[C@H]1CC[C@H](c2ccc(CCc3ccc(C#N)cc3)cc2F)CC1. The van der Waals surface area contributed by atoms with Crippen LogP contribution in [0.25, 0.3) is 0 Å². The van der Waals surface area contributed by atoms with E-state index in [9.17, 15) is 4.39 Å². The smallest absolute Gasteiger partial charge is 0.126 e. The lowest BCUT2D eigenvalue weighted by Crippen LogP contribution is -2.14. The molecular weight excluding hydrogens is 321 g/mol. The van der Waals surface area contributed by atoms with E-state index >= 15 is 0 Å². The van der Waals surface area contributed by atoms with Crippen LogP contribution in [-0.4, -0.2) is 0 Å². The van der Waals surface area contributed by atoms with Crippen LogP contribution in [0.1, 0.15) is 73.6 Å². The summed E-state index contributed by atoms with van der Waals surface area (Å²) in [7, 11) is 0. The van der Waals surface area contributed by atoms with Gasteiger partial charge < -0.3 is 0 Å². The molecule has 2 heteroatoms. The normalized spacial score (nSPS) is 19.9. The van der Waals surface area contributed by atoms with Gasteiger partial charge in [-0.3, -0.25) is 0 Å². The lowest BCUT2D eigenvalue weighted by atomic mass is 9.77. The first kappa shape index (κ1) is 18.6. The lowest BCUT2D eigenvalue weighted by molar-refractivity contribution is 0.304. The van der Waals surface area contributed by atoms with E-state index in [-0.39, 0.29) is 5.82 Å². The van der Waals surface area contributed by atoms with Gasteiger partial charge in [0.15, 0.2) is 0 Å². The summed E-state index contributed by atoms with van der Waals surface area (Å²) >= 11 is 0. The molecule has 0 aliphatic heterocycles. The van der Waals surface area contributed by atoms with Crippen molar-refractivity contribution in [1.29, 1.82) is 5.26 Å². The van der Waals surface area contributed by atoms with Gasteiger partial charge in [0.1, 0.15) is 5.82 Å². The average molecular weight is 349 g/mol. The van der Waals surface area contributed by atoms with Crippen LogP contribution in [0.4, 0.5) is 4.39 Å². The molecule has 3 rings (SSSR count). The van der Waals surface area contributed by atoms with Crippen molar-refractivity contribution >= 4 is 0 Å². The molecule has 0 radical (unpaired) electrons. The predicted molar refractivity (Wildman–Crippen MR) is 105 cm³/mol. The van der Waals surface area contributed by atoms with Gasteiger partial charge in [0, 0.05) is 0 Å². The molecule has 1 aliphatic carbocycles. The van der Waals surface area contributed by atoms with Gasteiger partial charge >= 0.3 is 0 Å². The molecule has 0 N–H and O–H groups in total. The summed E-state index contributed by atoms with van der Waals surface area (Å²) in [4.78, 5) is 0. The number of aryl methyl sites for hydroxylation is 2. The van der Waals surface area contributed by atoms with E-state index in [2.05, 4.69) is 19.1 Å². The van der Waals surface area contributed by atoms with Gasteiger partial charge in [-0.25, -0.2) is 4.39 Å². The Labute approximate surface area is 156 Å². The zero-order valence-corrected chi connectivity index (χ0v) is 15.7. The van der Waals surface area contributed by atoms with Gasteiger partial charge in [-0.15, -0.1) is 0 Å². The Bertz CT molecular complexity index is 749. The van der Waals surface area contributed by atoms with Crippen molar-refractivity contribution in [2.75, 3.05) is 0 Å². The molecule has 26 heavy (non-hydrogen) atoms. The second-order valence-corrected chi connectivity index (χ2v) is 7.67. The van der Waals surface area contributed by atoms with Crippen LogP contribution in [0.5, 0.6) is 0 Å². The van der Waals surface area contributed by atoms with Gasteiger partial charge in [0.25, 0.3) is 0 Å². The molecule has 0 atom stereocenters. The van der Waals surface area contributed by atoms with E-state index in [1.54, 1.807) is 6.07 Å². The van der Waals surface area contributed by atoms with Crippen LogP contribution in [0.15, 0.2) is 42.5 Å². The van der Waals surface area contributed by atoms with Crippen LogP contribution in [-0.2, 0) is 12.8 Å². The molecule has 1 aliphatic rings. The van der Waals surface area contributed by atoms with E-state index in [4.69, 9.17) is 5.26 Å². The van der Waals surface area contributed by atoms with Gasteiger partial charge in [0.2, 0.25) is 0 Å². The lowest BCUT2D eigenvalue weighted by Gasteiger charge is -2.29. The minimum Gasteiger partial charge on any atom is -0.207 e. The third-order valence-corrected chi connectivity index (χ3v) is 5.83. The van der Waals surface area contributed by atoms with Gasteiger partial charge in [-0.1, -0.05) is 44.0 Å². The summed E-state index contributed by atoms with van der Waals surface area (Å²) in [6.07, 6.45) is 9.04. The predicted octanol–water partition coefficient (Wildman–Crippen LogP) is 6.56. The first-order chi connectivity index (χ1) is 12.7. The number of hydrogen-bond acceptors (Lipinski definition) is 1. The molecule has 1 fully saturated rings. The van der Waals surface area contributed by atoms with Crippen molar-refractivity contribution in [3.8, 4) is 6.07 Å². The van der Waals surface area contributed by atoms with Crippen molar-refractivity contribution in [3.63, 3.8) is 0 Å². The number of benzene rings is 2. The largest absolute Gasteiger partial charge is 0.207 e. The Morgan fingerprint density at radius 3 is 2.23 bits per heavy atom. The molecule has 136 valence electrons. The molecule has 2 aromatic carbocycles. The fourth-order valence-corrected chi connectivity index (χ4v) is 4.26. The summed E-state index contributed by atoms with van der Waals surface area (Å²) in [5, 5.41) is 8.85. The summed E-state index contributed by atoms with van der Waals surface area (Å²) < 4.78 is 14.7. The maximum absolute atomic E-state index is 14.7. The molecule has 0 unspecified atom stereocenters. The number of halogens is 1. The van der Waals surface area contributed by atoms with Gasteiger partial charge in [0.05, 0.1) is 11.6 Å². The number of hydrogen-bond donors (Lipinski definition) is 0. The highest BCUT2D eigenvalue weighted by atomic mass is 19.1. The Hall–Kier alpha value is -2.14. The van der Waals surface area contributed by atoms with Crippen LogP contribution in [0.3, 0.4) is 0 Å². The number of rotatable bonds is 6. The van der Waals surface area contributed by atoms with E-state index in [1.165, 1.54) is 31.2 Å². The Morgan fingerprint density at radius 1 is 0.962 bits per heavy atom. The topological polar surface area (TPSA) is 23.8 Å². The zero-order chi connectivity index (χ0) is 18.4. The first-order valence-corrected chi connectivity index (χ1v) is 9.97. The molecule has 0 heterocycles. The second kappa shape index (κ2) is 8.99. The average Bonchev–Trinajstić information content (AvgIpc) is 2.68. The molecule has 0 bridgehead atoms. The van der Waals surface area contributed by atoms with Crippen LogP contribution < -0.4 is 0 Å². The molecule has 0 saturated heterocycles. The highest BCUT2D eigenvalue weighted by Crippen LogP contribution is 2.38. The Balaban J connectivity index is 1.58. The Morgan fingerprint density at radius 2 is 1.62 bits per heavy atom. The van der Waals surface area contributed by atoms with Crippen LogP contribution >= 0.6 is 0 Å². The third kappa shape index (κ3) is 4.73. The molecule has 0 aromatic heterocycles. The summed E-state index contributed by atoms with van der Waals surface area (Å²) in [6, 6.07) is 15.6. The number of nitrogens with zero attached hydrogens (tertiary/aromatic N) is 1. The van der Waals surface area contributed by atoms with Gasteiger partial charge in [-0.05, 0) is 85.3 Å². The highest BCUT2D eigenvalue weighted by molar-refractivity contribution is 5.33. The monoisotopic (exact) mass is 349 g/mol. The van der Waals surface area contributed by atoms with E-state index < -0.39 is 0 Å². The van der Waals surface area contributed by atoms with Gasteiger partial charge in [-0.2, -0.15) is 5.26 Å². The molecule has 0 amide bonds. The molecule has 1 saturated carbocycles. The minimum absolute atomic E-state index is 0.0266. The summed E-state index contributed by atoms with van der Waals surface area (Å²) in [6.45, 7) is 2.25. The molecule has 0 spiro atoms. The maximum atomic E-state index is 14.7. The summed E-state index contributed by atoms with van der Waals surface area (Å²) in [5.74, 6) is 1.22. The third-order valence-electron chi connectivity index (χ3n) is 5.83. The van der Waals surface area contributed by atoms with Crippen molar-refractivity contribution < 1.29 is 4.39 Å². The molecule has 1 nitrogen and oxygen atoms in total. The zero-order valence-electron chi connectivity index (χ0n) is 15.7. The molecule has 2 aromatic rings. The second-order valence-electron chi connectivity index (χ2n) is 7.67. The van der Waals surface area contributed by atoms with Crippen molar-refractivity contribution in [1.82, 2.24) is 0 Å². The van der Waals surface area contributed by atoms with E-state index in [0.717, 1.165) is 42.7 Å². The van der Waals surface area contributed by atoms with Crippen molar-refractivity contribution in [3.05, 3.63) is 70.5 Å². The minimum atomic E-state index is -0.0266. The number of nitriles is 1. The highest BCUT2D eigenvalue weighted by Gasteiger charge is 2.23. The Kier molecular flexibility index (Phi) is 6.45. The first-order valence-electron chi connectivity index (χ1n) is 9.97. The molecular formula is C24H28FN. The fraction of sp³-hybridized carbons (Fsp3) is 0.458. The fourth-order valence-electron chi connectivity index (χ4n) is 4.26. The van der Waals surface area contributed by atoms with E-state index in [1.807, 2.05) is 30.3 Å². The van der Waals surface area contributed by atoms with E-state index in [0.29, 0.717) is 11.5 Å². The van der Waals surface area contributed by atoms with Crippen molar-refractivity contribution in [2.24, 2.45) is 5.92 Å². The maximum Gasteiger partial charge on any atom is 0.126 e. The standard InChI is InChI=1S/C24H28FN/c1-2-3-18-10-13-22(14-11-18)23-15-12-20(16-24(23)25)7-4-19-5-8-21(17-26)9-6-19/h5-6,8-9,12,15-16,18,22H,2-4,7,10-11,13-14H2,1H3/t18-,22-. The van der Waals surface area contributed by atoms with Crippen molar-refractivity contribution in [2.45, 2.75) is 64.2 Å². The summed E-state index contributed by atoms with van der Waals surface area (Å²) in [5.41, 5.74) is 3.83. The van der Waals surface area contributed by atoms with Crippen LogP contribution in [0.2, 0.25) is 0 Å².